The van der Waals surface area contributed by atoms with Gasteiger partial charge in [-0.3, -0.25) is 4.79 Å². The SMILES string of the molecule is CC(=O)Nc1ccc2c(c1)Oc1ccccc1C21Oc2ccccc2-c2[nH]c3ccccc3c21. The van der Waals surface area contributed by atoms with Crippen molar-refractivity contribution < 1.29 is 14.3 Å². The summed E-state index contributed by atoms with van der Waals surface area (Å²) >= 11 is 0. The number of carbonyl (C=O) groups is 1. The quantitative estimate of drug-likeness (QED) is 0.307. The zero-order chi connectivity index (χ0) is 22.9. The molecule has 1 amide bonds. The molecule has 0 bridgehead atoms. The van der Waals surface area contributed by atoms with E-state index in [1.54, 1.807) is 0 Å². The van der Waals surface area contributed by atoms with Gasteiger partial charge >= 0.3 is 0 Å². The fourth-order valence-electron chi connectivity index (χ4n) is 5.36. The van der Waals surface area contributed by atoms with Gasteiger partial charge < -0.3 is 19.8 Å². The second kappa shape index (κ2) is 6.75. The lowest BCUT2D eigenvalue weighted by molar-refractivity contribution is -0.114. The van der Waals surface area contributed by atoms with Crippen molar-refractivity contribution in [1.29, 1.82) is 0 Å². The van der Waals surface area contributed by atoms with Crippen LogP contribution in [0.25, 0.3) is 22.2 Å². The number of H-pyrrole nitrogens is 1. The molecular weight excluding hydrogens is 424 g/mol. The van der Waals surface area contributed by atoms with Gasteiger partial charge in [0.2, 0.25) is 5.91 Å². The van der Waals surface area contributed by atoms with E-state index in [0.29, 0.717) is 11.4 Å². The molecule has 5 heteroatoms. The summed E-state index contributed by atoms with van der Waals surface area (Å²) in [5.41, 5.74) is 5.75. The number of rotatable bonds is 1. The third-order valence-electron chi connectivity index (χ3n) is 6.65. The highest BCUT2D eigenvalue weighted by Gasteiger charge is 2.51. The molecule has 0 aliphatic carbocycles. The monoisotopic (exact) mass is 444 g/mol. The molecule has 3 heterocycles. The highest BCUT2D eigenvalue weighted by molar-refractivity contribution is 5.96. The third kappa shape index (κ3) is 2.46. The Labute approximate surface area is 196 Å². The normalized spacial score (nSPS) is 17.1. The molecule has 1 aromatic heterocycles. The summed E-state index contributed by atoms with van der Waals surface area (Å²) in [5, 5.41) is 3.96. The highest BCUT2D eigenvalue weighted by Crippen LogP contribution is 2.59. The van der Waals surface area contributed by atoms with Gasteiger partial charge in [0.15, 0.2) is 5.60 Å². The Morgan fingerprint density at radius 1 is 0.824 bits per heavy atom. The molecule has 0 fully saturated rings. The van der Waals surface area contributed by atoms with Crippen LogP contribution in [0.5, 0.6) is 17.2 Å². The van der Waals surface area contributed by atoms with E-state index >= 15 is 0 Å². The first kappa shape index (κ1) is 19.0. The van der Waals surface area contributed by atoms with Gasteiger partial charge in [0.25, 0.3) is 0 Å². The molecule has 7 rings (SSSR count). The minimum absolute atomic E-state index is 0.132. The molecule has 0 saturated carbocycles. The van der Waals surface area contributed by atoms with Crippen LogP contribution < -0.4 is 14.8 Å². The molecule has 5 aromatic rings. The zero-order valence-electron chi connectivity index (χ0n) is 18.4. The van der Waals surface area contributed by atoms with Crippen molar-refractivity contribution in [3.05, 3.63) is 108 Å². The van der Waals surface area contributed by atoms with Gasteiger partial charge in [-0.1, -0.05) is 48.5 Å². The number of ether oxygens (including phenoxy) is 2. The summed E-state index contributed by atoms with van der Waals surface area (Å²) in [6.07, 6.45) is 0. The highest BCUT2D eigenvalue weighted by atomic mass is 16.5. The van der Waals surface area contributed by atoms with E-state index < -0.39 is 5.60 Å². The lowest BCUT2D eigenvalue weighted by Crippen LogP contribution is -2.40. The Balaban J connectivity index is 1.62. The van der Waals surface area contributed by atoms with Gasteiger partial charge in [-0.2, -0.15) is 0 Å². The first-order valence-electron chi connectivity index (χ1n) is 11.2. The van der Waals surface area contributed by atoms with Crippen LogP contribution in [0.2, 0.25) is 0 Å². The number of para-hydroxylation sites is 3. The summed E-state index contributed by atoms with van der Waals surface area (Å²) in [4.78, 5) is 15.4. The Hall–Kier alpha value is -4.51. The minimum atomic E-state index is -0.928. The fraction of sp³-hybridized carbons (Fsp3) is 0.0690. The first-order valence-corrected chi connectivity index (χ1v) is 11.2. The summed E-state index contributed by atoms with van der Waals surface area (Å²) in [6.45, 7) is 1.50. The average molecular weight is 444 g/mol. The smallest absolute Gasteiger partial charge is 0.221 e. The van der Waals surface area contributed by atoms with Crippen LogP contribution >= 0.6 is 0 Å². The van der Waals surface area contributed by atoms with Crippen LogP contribution in [-0.4, -0.2) is 10.9 Å². The summed E-state index contributed by atoms with van der Waals surface area (Å²) in [6, 6.07) is 30.2. The number of benzene rings is 4. The maximum Gasteiger partial charge on any atom is 0.221 e. The van der Waals surface area contributed by atoms with Crippen LogP contribution in [0.1, 0.15) is 23.6 Å². The minimum Gasteiger partial charge on any atom is -0.472 e. The van der Waals surface area contributed by atoms with Crippen LogP contribution in [0.3, 0.4) is 0 Å². The number of nitrogens with one attached hydrogen (secondary N) is 2. The van der Waals surface area contributed by atoms with Gasteiger partial charge in [-0.15, -0.1) is 0 Å². The molecule has 0 saturated heterocycles. The predicted molar refractivity (Wildman–Crippen MR) is 132 cm³/mol. The van der Waals surface area contributed by atoms with E-state index in [1.165, 1.54) is 6.92 Å². The maximum atomic E-state index is 11.7. The lowest BCUT2D eigenvalue weighted by Gasteiger charge is -2.43. The van der Waals surface area contributed by atoms with Crippen LogP contribution in [-0.2, 0) is 10.4 Å². The molecule has 2 N–H and O–H groups in total. The topological polar surface area (TPSA) is 63.4 Å². The van der Waals surface area contributed by atoms with E-state index in [9.17, 15) is 4.79 Å². The van der Waals surface area contributed by atoms with E-state index in [2.05, 4.69) is 40.6 Å². The third-order valence-corrected chi connectivity index (χ3v) is 6.65. The number of hydrogen-bond donors (Lipinski definition) is 2. The largest absolute Gasteiger partial charge is 0.472 e. The second-order valence-electron chi connectivity index (χ2n) is 8.69. The van der Waals surface area contributed by atoms with Crippen molar-refractivity contribution in [3.63, 3.8) is 0 Å². The molecule has 4 aromatic carbocycles. The summed E-state index contributed by atoms with van der Waals surface area (Å²) in [7, 11) is 0. The summed E-state index contributed by atoms with van der Waals surface area (Å²) < 4.78 is 13.4. The van der Waals surface area contributed by atoms with Crippen molar-refractivity contribution in [2.45, 2.75) is 12.5 Å². The number of fused-ring (bicyclic) bond motifs is 10. The molecule has 1 spiro atoms. The Bertz CT molecular complexity index is 1630. The Kier molecular flexibility index (Phi) is 3.77. The molecule has 164 valence electrons. The first-order chi connectivity index (χ1) is 16.6. The fourth-order valence-corrected chi connectivity index (χ4v) is 5.36. The van der Waals surface area contributed by atoms with Crippen molar-refractivity contribution in [1.82, 2.24) is 4.98 Å². The molecule has 1 unspecified atom stereocenters. The van der Waals surface area contributed by atoms with E-state index in [4.69, 9.17) is 9.47 Å². The number of aromatic nitrogens is 1. The van der Waals surface area contributed by atoms with E-state index in [1.807, 2.05) is 60.7 Å². The van der Waals surface area contributed by atoms with Gasteiger partial charge in [0.1, 0.15) is 17.2 Å². The molecule has 1 atom stereocenters. The average Bonchev–Trinajstić information content (AvgIpc) is 3.24. The number of anilines is 1. The van der Waals surface area contributed by atoms with E-state index in [0.717, 1.165) is 50.3 Å². The Morgan fingerprint density at radius 3 is 2.44 bits per heavy atom. The standard InChI is InChI=1S/C29H20N2O3/c1-17(32)30-18-14-15-22-26(16-18)33-25-13-7-4-10-21(25)29(22)27-19-8-2-5-11-23(19)31-28(27)20-9-3-6-12-24(20)34-29/h2-16,31H,1H3,(H,30,32). The molecular formula is C29H20N2O3. The van der Waals surface area contributed by atoms with Crippen LogP contribution in [0.4, 0.5) is 5.69 Å². The van der Waals surface area contributed by atoms with Crippen molar-refractivity contribution >= 4 is 22.5 Å². The Morgan fingerprint density at radius 2 is 1.56 bits per heavy atom. The zero-order valence-corrected chi connectivity index (χ0v) is 18.4. The lowest BCUT2D eigenvalue weighted by atomic mass is 9.74. The van der Waals surface area contributed by atoms with Gasteiger partial charge in [-0.05, 0) is 36.4 Å². The predicted octanol–water partition coefficient (Wildman–Crippen LogP) is 6.58. The van der Waals surface area contributed by atoms with E-state index in [-0.39, 0.29) is 5.91 Å². The van der Waals surface area contributed by atoms with Gasteiger partial charge in [-0.25, -0.2) is 0 Å². The number of carbonyl (C=O) groups excluding carboxylic acids is 1. The number of amides is 1. The van der Waals surface area contributed by atoms with Gasteiger partial charge in [0, 0.05) is 51.8 Å². The molecule has 0 radical (unpaired) electrons. The van der Waals surface area contributed by atoms with Gasteiger partial charge in [0.05, 0.1) is 5.69 Å². The van der Waals surface area contributed by atoms with Crippen molar-refractivity contribution in [2.24, 2.45) is 0 Å². The number of hydrogen-bond acceptors (Lipinski definition) is 3. The maximum absolute atomic E-state index is 11.7. The van der Waals surface area contributed by atoms with Crippen LogP contribution in [0, 0.1) is 0 Å². The second-order valence-corrected chi connectivity index (χ2v) is 8.69. The molecule has 2 aliphatic rings. The number of aromatic amines is 1. The summed E-state index contributed by atoms with van der Waals surface area (Å²) in [5.74, 6) is 2.05. The molecule has 5 nitrogen and oxygen atoms in total. The molecule has 2 aliphatic heterocycles. The molecule has 34 heavy (non-hydrogen) atoms. The van der Waals surface area contributed by atoms with Crippen molar-refractivity contribution in [3.8, 4) is 28.5 Å². The van der Waals surface area contributed by atoms with Crippen LogP contribution in [0.15, 0.2) is 91.0 Å². The van der Waals surface area contributed by atoms with Crippen molar-refractivity contribution in [2.75, 3.05) is 5.32 Å².